The predicted molar refractivity (Wildman–Crippen MR) is 45.3 cm³/mol. The lowest BCUT2D eigenvalue weighted by Crippen LogP contribution is -1.79. The molecule has 0 fully saturated rings. The van der Waals surface area contributed by atoms with Crippen LogP contribution >= 0.6 is 0 Å². The number of nitrogens with zero attached hydrogens (tertiary/aromatic N) is 1. The standard InChI is InChI=1S/C10H8N/c1-8-6-9-4-2-3-5-10(9)11-7-8/h2,4-7H,1H3. The Bertz CT molecular complexity index is 379. The summed E-state index contributed by atoms with van der Waals surface area (Å²) in [6.45, 7) is 2.04. The number of aryl methyl sites for hydroxylation is 1. The van der Waals surface area contributed by atoms with Crippen LogP contribution in [0.4, 0.5) is 0 Å². The van der Waals surface area contributed by atoms with E-state index in [1.165, 1.54) is 10.9 Å². The minimum atomic E-state index is 1.01. The van der Waals surface area contributed by atoms with Gasteiger partial charge in [0.25, 0.3) is 0 Å². The van der Waals surface area contributed by atoms with E-state index in [0.29, 0.717) is 0 Å². The van der Waals surface area contributed by atoms with Gasteiger partial charge in [-0.15, -0.1) is 0 Å². The molecule has 53 valence electrons. The Balaban J connectivity index is 2.83. The number of fused-ring (bicyclic) bond motifs is 1. The van der Waals surface area contributed by atoms with Crippen LogP contribution in [-0.2, 0) is 0 Å². The molecular formula is C10H8N. The van der Waals surface area contributed by atoms with Crippen molar-refractivity contribution in [3.05, 3.63) is 42.1 Å². The molecule has 0 bridgehead atoms. The van der Waals surface area contributed by atoms with Gasteiger partial charge in [-0.2, -0.15) is 0 Å². The highest BCUT2D eigenvalue weighted by Gasteiger charge is 1.91. The molecule has 0 aliphatic heterocycles. The van der Waals surface area contributed by atoms with Gasteiger partial charge in [0, 0.05) is 11.6 Å². The normalized spacial score (nSPS) is 10.3. The van der Waals surface area contributed by atoms with E-state index in [9.17, 15) is 0 Å². The predicted octanol–water partition coefficient (Wildman–Crippen LogP) is 2.34. The van der Waals surface area contributed by atoms with Crippen LogP contribution in [0.3, 0.4) is 0 Å². The van der Waals surface area contributed by atoms with Gasteiger partial charge in [0.15, 0.2) is 0 Å². The van der Waals surface area contributed by atoms with Crippen LogP contribution in [-0.4, -0.2) is 4.98 Å². The number of rotatable bonds is 0. The fourth-order valence-electron chi connectivity index (χ4n) is 1.12. The van der Waals surface area contributed by atoms with Gasteiger partial charge >= 0.3 is 0 Å². The summed E-state index contributed by atoms with van der Waals surface area (Å²) in [5, 5.41) is 1.18. The van der Waals surface area contributed by atoms with E-state index >= 15 is 0 Å². The minimum Gasteiger partial charge on any atom is -0.256 e. The summed E-state index contributed by atoms with van der Waals surface area (Å²) in [7, 11) is 0. The summed E-state index contributed by atoms with van der Waals surface area (Å²) in [6.07, 6.45) is 1.87. The van der Waals surface area contributed by atoms with Crippen LogP contribution in [0.25, 0.3) is 10.9 Å². The lowest BCUT2D eigenvalue weighted by Gasteiger charge is -1.95. The van der Waals surface area contributed by atoms with Gasteiger partial charge in [-0.05, 0) is 30.7 Å². The van der Waals surface area contributed by atoms with Gasteiger partial charge in [0.2, 0.25) is 0 Å². The Hall–Kier alpha value is -1.37. The first-order valence-electron chi connectivity index (χ1n) is 3.59. The minimum absolute atomic E-state index is 1.01. The highest BCUT2D eigenvalue weighted by atomic mass is 14.6. The summed E-state index contributed by atoms with van der Waals surface area (Å²) >= 11 is 0. The first-order valence-corrected chi connectivity index (χ1v) is 3.59. The van der Waals surface area contributed by atoms with Crippen molar-refractivity contribution in [1.82, 2.24) is 4.98 Å². The molecule has 1 aromatic carbocycles. The zero-order valence-electron chi connectivity index (χ0n) is 6.33. The molecule has 2 rings (SSSR count). The Labute approximate surface area is 65.7 Å². The monoisotopic (exact) mass is 142 g/mol. The second-order valence-corrected chi connectivity index (χ2v) is 2.63. The van der Waals surface area contributed by atoms with Gasteiger partial charge in [0.05, 0.1) is 5.52 Å². The average molecular weight is 142 g/mol. The van der Waals surface area contributed by atoms with Crippen molar-refractivity contribution in [3.8, 4) is 0 Å². The quantitative estimate of drug-likeness (QED) is 0.550. The topological polar surface area (TPSA) is 12.9 Å². The first kappa shape index (κ1) is 6.35. The number of benzene rings is 1. The van der Waals surface area contributed by atoms with Gasteiger partial charge in [-0.3, -0.25) is 4.98 Å². The molecule has 1 heterocycles. The molecule has 0 aliphatic carbocycles. The van der Waals surface area contributed by atoms with E-state index in [0.717, 1.165) is 5.52 Å². The molecule has 0 unspecified atom stereocenters. The molecule has 1 heteroatoms. The van der Waals surface area contributed by atoms with Crippen molar-refractivity contribution < 1.29 is 0 Å². The molecule has 0 N–H and O–H groups in total. The third-order valence-corrected chi connectivity index (χ3v) is 1.67. The maximum atomic E-state index is 4.25. The fraction of sp³-hybridized carbons (Fsp3) is 0.100. The Kier molecular flexibility index (Phi) is 1.35. The molecule has 1 radical (unpaired) electrons. The summed E-state index contributed by atoms with van der Waals surface area (Å²) in [6, 6.07) is 10.9. The zero-order chi connectivity index (χ0) is 7.68. The molecule has 0 atom stereocenters. The number of hydrogen-bond acceptors (Lipinski definition) is 1. The van der Waals surface area contributed by atoms with E-state index in [-0.39, 0.29) is 0 Å². The lowest BCUT2D eigenvalue weighted by atomic mass is 10.2. The van der Waals surface area contributed by atoms with Gasteiger partial charge < -0.3 is 0 Å². The van der Waals surface area contributed by atoms with Crippen LogP contribution in [0.5, 0.6) is 0 Å². The van der Waals surface area contributed by atoms with Gasteiger partial charge in [0.1, 0.15) is 0 Å². The van der Waals surface area contributed by atoms with Crippen molar-refractivity contribution in [1.29, 1.82) is 0 Å². The van der Waals surface area contributed by atoms with Crippen molar-refractivity contribution >= 4 is 10.9 Å². The summed E-state index contributed by atoms with van der Waals surface area (Å²) in [4.78, 5) is 4.25. The molecular weight excluding hydrogens is 134 g/mol. The molecule has 0 saturated carbocycles. The molecule has 0 spiro atoms. The maximum Gasteiger partial charge on any atom is 0.0708 e. The van der Waals surface area contributed by atoms with Crippen molar-refractivity contribution in [2.75, 3.05) is 0 Å². The second-order valence-electron chi connectivity index (χ2n) is 2.63. The second kappa shape index (κ2) is 2.35. The fourth-order valence-corrected chi connectivity index (χ4v) is 1.12. The molecule has 1 aromatic heterocycles. The zero-order valence-corrected chi connectivity index (χ0v) is 6.33. The Morgan fingerprint density at radius 2 is 2.36 bits per heavy atom. The van der Waals surface area contributed by atoms with E-state index < -0.39 is 0 Å². The van der Waals surface area contributed by atoms with E-state index in [1.54, 1.807) is 0 Å². The Morgan fingerprint density at radius 1 is 1.45 bits per heavy atom. The highest BCUT2D eigenvalue weighted by molar-refractivity contribution is 5.78. The maximum absolute atomic E-state index is 4.25. The molecule has 0 aliphatic rings. The van der Waals surface area contributed by atoms with Crippen molar-refractivity contribution in [2.24, 2.45) is 0 Å². The molecule has 1 nitrogen and oxygen atoms in total. The third-order valence-electron chi connectivity index (χ3n) is 1.67. The van der Waals surface area contributed by atoms with Crippen LogP contribution in [0.1, 0.15) is 5.56 Å². The average Bonchev–Trinajstić information content (AvgIpc) is 2.04. The van der Waals surface area contributed by atoms with E-state index in [1.807, 2.05) is 31.3 Å². The van der Waals surface area contributed by atoms with Crippen LogP contribution in [0.2, 0.25) is 0 Å². The third kappa shape index (κ3) is 1.09. The smallest absolute Gasteiger partial charge is 0.0708 e. The van der Waals surface area contributed by atoms with E-state index in [2.05, 4.69) is 17.1 Å². The molecule has 0 amide bonds. The summed E-state index contributed by atoms with van der Waals surface area (Å²) in [5.41, 5.74) is 2.21. The Morgan fingerprint density at radius 3 is 3.27 bits per heavy atom. The van der Waals surface area contributed by atoms with Gasteiger partial charge in [-0.1, -0.05) is 12.1 Å². The van der Waals surface area contributed by atoms with Crippen LogP contribution in [0.15, 0.2) is 30.5 Å². The molecule has 11 heavy (non-hydrogen) atoms. The molecule has 2 aromatic rings. The van der Waals surface area contributed by atoms with E-state index in [4.69, 9.17) is 0 Å². The van der Waals surface area contributed by atoms with Crippen molar-refractivity contribution in [2.45, 2.75) is 6.92 Å². The number of hydrogen-bond donors (Lipinski definition) is 0. The highest BCUT2D eigenvalue weighted by Crippen LogP contribution is 2.10. The summed E-state index contributed by atoms with van der Waals surface area (Å²) in [5.74, 6) is 0. The number of aromatic nitrogens is 1. The number of pyridine rings is 1. The van der Waals surface area contributed by atoms with Crippen LogP contribution < -0.4 is 0 Å². The van der Waals surface area contributed by atoms with Gasteiger partial charge in [-0.25, -0.2) is 0 Å². The SMILES string of the molecule is Cc1cnc2c[c]ccc2c1. The largest absolute Gasteiger partial charge is 0.256 e. The lowest BCUT2D eigenvalue weighted by molar-refractivity contribution is 1.33. The summed E-state index contributed by atoms with van der Waals surface area (Å²) < 4.78 is 0. The van der Waals surface area contributed by atoms with Crippen LogP contribution in [0, 0.1) is 13.0 Å². The molecule has 0 saturated heterocycles. The van der Waals surface area contributed by atoms with Crippen molar-refractivity contribution in [3.63, 3.8) is 0 Å². The first-order chi connectivity index (χ1) is 5.36.